The van der Waals surface area contributed by atoms with E-state index in [1.807, 2.05) is 5.32 Å². The lowest BCUT2D eigenvalue weighted by Gasteiger charge is -2.31. The van der Waals surface area contributed by atoms with Crippen molar-refractivity contribution in [2.24, 2.45) is 0 Å². The third-order valence-corrected chi connectivity index (χ3v) is 6.97. The van der Waals surface area contributed by atoms with E-state index in [0.29, 0.717) is 18.9 Å². The van der Waals surface area contributed by atoms with Gasteiger partial charge in [0, 0.05) is 38.2 Å². The highest BCUT2D eigenvalue weighted by molar-refractivity contribution is 5.94. The van der Waals surface area contributed by atoms with Crippen molar-refractivity contribution in [1.82, 2.24) is 24.7 Å². The van der Waals surface area contributed by atoms with E-state index in [4.69, 9.17) is 5.11 Å². The minimum Gasteiger partial charge on any atom is -0.465 e. The topological polar surface area (TPSA) is 128 Å². The van der Waals surface area contributed by atoms with Crippen molar-refractivity contribution in [3.63, 3.8) is 0 Å². The molecule has 0 aliphatic carbocycles. The number of aliphatic hydroxyl groups is 1. The van der Waals surface area contributed by atoms with E-state index < -0.39 is 90.1 Å². The molecule has 3 N–H and O–H groups in total. The summed E-state index contributed by atoms with van der Waals surface area (Å²) in [6.45, 7) is -1.23. The molecule has 16 heteroatoms. The number of aliphatic hydroxyl groups excluding tert-OH is 1. The van der Waals surface area contributed by atoms with Crippen LogP contribution in [0.25, 0.3) is 0 Å². The molecular weight excluding hydrogens is 552 g/mol. The standard InChI is InChI=1S/C24H25F6N5O5/c25-15-9-17(27)16(26)7-12(15)6-13(31-23(39)40)8-19(37)33-4-5-35-18(10-33)20(32-22(35)24(28,29)30)21(38)34-3-1-2-14(34)11-36/h7,9,13-14,31,36H,1-6,8,10-11H2,(H,39,40)/t13-,14+/m1/s1. The van der Waals surface area contributed by atoms with Crippen LogP contribution in [0.1, 0.15) is 46.8 Å². The maximum absolute atomic E-state index is 14.2. The predicted molar refractivity (Wildman–Crippen MR) is 123 cm³/mol. The number of hydrogen-bond acceptors (Lipinski definition) is 5. The van der Waals surface area contributed by atoms with Crippen LogP contribution in [0.4, 0.5) is 31.1 Å². The van der Waals surface area contributed by atoms with Crippen molar-refractivity contribution >= 4 is 17.9 Å². The molecule has 2 atom stereocenters. The highest BCUT2D eigenvalue weighted by Gasteiger charge is 2.43. The molecule has 3 amide bonds. The Morgan fingerprint density at radius 1 is 1.07 bits per heavy atom. The Labute approximate surface area is 223 Å². The number of nitrogens with one attached hydrogen (secondary N) is 1. The molecule has 1 saturated heterocycles. The van der Waals surface area contributed by atoms with Gasteiger partial charge in [0.15, 0.2) is 17.3 Å². The van der Waals surface area contributed by atoms with Crippen LogP contribution in [0.5, 0.6) is 0 Å². The van der Waals surface area contributed by atoms with Crippen LogP contribution in [-0.4, -0.2) is 79.3 Å². The number of benzene rings is 1. The molecule has 1 aromatic carbocycles. The molecule has 1 fully saturated rings. The number of hydrogen-bond donors (Lipinski definition) is 3. The number of aromatic nitrogens is 2. The third-order valence-electron chi connectivity index (χ3n) is 6.97. The van der Waals surface area contributed by atoms with Gasteiger partial charge in [-0.1, -0.05) is 0 Å². The monoisotopic (exact) mass is 577 g/mol. The smallest absolute Gasteiger partial charge is 0.449 e. The molecule has 0 spiro atoms. The van der Waals surface area contributed by atoms with E-state index in [1.165, 1.54) is 4.90 Å². The number of carbonyl (C=O) groups excluding carboxylic acids is 2. The number of carbonyl (C=O) groups is 3. The summed E-state index contributed by atoms with van der Waals surface area (Å²) in [4.78, 5) is 43.5. The number of likely N-dealkylation sites (tertiary alicyclic amines) is 1. The first-order valence-electron chi connectivity index (χ1n) is 12.3. The Morgan fingerprint density at radius 2 is 1.77 bits per heavy atom. The van der Waals surface area contributed by atoms with Crippen molar-refractivity contribution < 1.29 is 50.9 Å². The molecule has 4 rings (SSSR count). The average molecular weight is 577 g/mol. The Hall–Kier alpha value is -3.82. The zero-order valence-corrected chi connectivity index (χ0v) is 20.8. The second-order valence-corrected chi connectivity index (χ2v) is 9.58. The molecule has 40 heavy (non-hydrogen) atoms. The SMILES string of the molecule is O=C(O)N[C@@H](CC(=O)N1CCn2c(C(F)(F)F)nc(C(=O)N3CCC[C@H]3CO)c2C1)Cc1cc(F)c(F)cc1F. The van der Waals surface area contributed by atoms with Crippen molar-refractivity contribution in [1.29, 1.82) is 0 Å². The average Bonchev–Trinajstić information content (AvgIpc) is 3.51. The summed E-state index contributed by atoms with van der Waals surface area (Å²) >= 11 is 0. The van der Waals surface area contributed by atoms with Gasteiger partial charge in [0.05, 0.1) is 24.9 Å². The van der Waals surface area contributed by atoms with Crippen molar-refractivity contribution in [3.05, 3.63) is 52.4 Å². The summed E-state index contributed by atoms with van der Waals surface area (Å²) in [6.07, 6.45) is -6.58. The highest BCUT2D eigenvalue weighted by Crippen LogP contribution is 2.33. The minimum atomic E-state index is -4.90. The van der Waals surface area contributed by atoms with Gasteiger partial charge >= 0.3 is 12.3 Å². The highest BCUT2D eigenvalue weighted by atomic mass is 19.4. The maximum atomic E-state index is 14.2. The van der Waals surface area contributed by atoms with Crippen molar-refractivity contribution in [2.75, 3.05) is 19.7 Å². The maximum Gasteiger partial charge on any atom is 0.449 e. The van der Waals surface area contributed by atoms with Crippen LogP contribution < -0.4 is 5.32 Å². The lowest BCUT2D eigenvalue weighted by Crippen LogP contribution is -2.45. The predicted octanol–water partition coefficient (Wildman–Crippen LogP) is 2.53. The van der Waals surface area contributed by atoms with E-state index in [0.717, 1.165) is 9.47 Å². The Morgan fingerprint density at radius 3 is 2.42 bits per heavy atom. The normalized spacial score (nSPS) is 18.0. The number of rotatable bonds is 7. The van der Waals surface area contributed by atoms with Gasteiger partial charge in [-0.2, -0.15) is 13.2 Å². The number of fused-ring (bicyclic) bond motifs is 1. The summed E-state index contributed by atoms with van der Waals surface area (Å²) in [5, 5.41) is 20.7. The number of amides is 3. The zero-order valence-electron chi connectivity index (χ0n) is 20.8. The van der Waals surface area contributed by atoms with E-state index in [9.17, 15) is 45.8 Å². The van der Waals surface area contributed by atoms with Gasteiger partial charge in [0.2, 0.25) is 11.7 Å². The molecule has 0 saturated carbocycles. The molecule has 0 bridgehead atoms. The summed E-state index contributed by atoms with van der Waals surface area (Å²) in [5.41, 5.74) is -1.07. The van der Waals surface area contributed by atoms with Crippen molar-refractivity contribution in [2.45, 2.75) is 57.0 Å². The van der Waals surface area contributed by atoms with Crippen LogP contribution >= 0.6 is 0 Å². The van der Waals surface area contributed by atoms with Crippen LogP contribution in [0.15, 0.2) is 12.1 Å². The summed E-state index contributed by atoms with van der Waals surface area (Å²) in [7, 11) is 0. The summed E-state index contributed by atoms with van der Waals surface area (Å²) in [5.74, 6) is -6.85. The van der Waals surface area contributed by atoms with Gasteiger partial charge < -0.3 is 29.9 Å². The van der Waals surface area contributed by atoms with E-state index in [1.54, 1.807) is 0 Å². The van der Waals surface area contributed by atoms with Gasteiger partial charge in [0.1, 0.15) is 5.82 Å². The van der Waals surface area contributed by atoms with E-state index in [2.05, 4.69) is 4.98 Å². The minimum absolute atomic E-state index is 0.171. The largest absolute Gasteiger partial charge is 0.465 e. The van der Waals surface area contributed by atoms with Crippen LogP contribution in [0.2, 0.25) is 0 Å². The second kappa shape index (κ2) is 11.3. The first-order chi connectivity index (χ1) is 18.8. The Bertz CT molecular complexity index is 1320. The summed E-state index contributed by atoms with van der Waals surface area (Å²) < 4.78 is 83.1. The first kappa shape index (κ1) is 29.2. The quantitative estimate of drug-likeness (QED) is 0.343. The number of carboxylic acid groups (broad SMARTS) is 1. The molecule has 3 heterocycles. The lowest BCUT2D eigenvalue weighted by molar-refractivity contribution is -0.148. The lowest BCUT2D eigenvalue weighted by atomic mass is 10.0. The van der Waals surface area contributed by atoms with Gasteiger partial charge in [0.25, 0.3) is 5.91 Å². The van der Waals surface area contributed by atoms with E-state index in [-0.39, 0.29) is 38.0 Å². The molecule has 10 nitrogen and oxygen atoms in total. The molecular formula is C24H25F6N5O5. The van der Waals surface area contributed by atoms with E-state index >= 15 is 0 Å². The van der Waals surface area contributed by atoms with Gasteiger partial charge in [-0.3, -0.25) is 9.59 Å². The van der Waals surface area contributed by atoms with Crippen molar-refractivity contribution in [3.8, 4) is 0 Å². The first-order valence-corrected chi connectivity index (χ1v) is 12.3. The number of halogens is 6. The fraction of sp³-hybridized carbons (Fsp3) is 0.500. The van der Waals surface area contributed by atoms with Crippen LogP contribution in [-0.2, 0) is 30.5 Å². The fourth-order valence-corrected chi connectivity index (χ4v) is 5.07. The van der Waals surface area contributed by atoms with Crippen LogP contribution in [0, 0.1) is 17.5 Å². The van der Waals surface area contributed by atoms with Gasteiger partial charge in [-0.15, -0.1) is 0 Å². The number of imidazole rings is 1. The second-order valence-electron chi connectivity index (χ2n) is 9.58. The van der Waals surface area contributed by atoms with Gasteiger partial charge in [-0.05, 0) is 30.9 Å². The van der Waals surface area contributed by atoms with Crippen LogP contribution in [0.3, 0.4) is 0 Å². The molecule has 2 aliphatic rings. The molecule has 1 aromatic heterocycles. The molecule has 2 aliphatic heterocycles. The molecule has 2 aromatic rings. The molecule has 0 radical (unpaired) electrons. The third kappa shape index (κ3) is 6.00. The zero-order chi connectivity index (χ0) is 29.4. The van der Waals surface area contributed by atoms with Gasteiger partial charge in [-0.25, -0.2) is 22.9 Å². The summed E-state index contributed by atoms with van der Waals surface area (Å²) in [6, 6.07) is -1.05. The Kier molecular flexibility index (Phi) is 8.28. The molecule has 0 unspecified atom stereocenters. The Balaban J connectivity index is 1.58. The number of nitrogens with zero attached hydrogens (tertiary/aromatic N) is 4. The molecule has 218 valence electrons. The number of alkyl halides is 3. The fourth-order valence-electron chi connectivity index (χ4n) is 5.07.